The molecule has 0 spiro atoms. The molecule has 0 fully saturated rings. The van der Waals surface area contributed by atoms with Crippen LogP contribution >= 0.6 is 11.6 Å². The van der Waals surface area contributed by atoms with Crippen LogP contribution < -0.4 is 10.1 Å². The molecule has 0 saturated carbocycles. The van der Waals surface area contributed by atoms with Crippen LogP contribution in [0.2, 0.25) is 5.15 Å². The Labute approximate surface area is 167 Å². The maximum Gasteiger partial charge on any atom is 0.255 e. The topological polar surface area (TPSA) is 101 Å². The van der Waals surface area contributed by atoms with Crippen molar-refractivity contribution in [3.05, 3.63) is 70.9 Å². The van der Waals surface area contributed by atoms with Gasteiger partial charge in [-0.15, -0.1) is 0 Å². The number of pyridine rings is 1. The van der Waals surface area contributed by atoms with Gasteiger partial charge in [-0.05, 0) is 36.8 Å². The number of aryl methyl sites for hydroxylation is 1. The predicted molar refractivity (Wildman–Crippen MR) is 109 cm³/mol. The zero-order chi connectivity index (χ0) is 20.1. The van der Waals surface area contributed by atoms with Gasteiger partial charge in [0.25, 0.3) is 5.91 Å². The molecule has 2 aromatic carbocycles. The summed E-state index contributed by atoms with van der Waals surface area (Å²) in [5.41, 5.74) is 4.62. The molecule has 0 radical (unpaired) electrons. The minimum atomic E-state index is -3.76. The molecule has 3 aromatic rings. The van der Waals surface area contributed by atoms with E-state index in [2.05, 4.69) is 20.2 Å². The number of hydrogen-bond acceptors (Lipinski definition) is 5. The van der Waals surface area contributed by atoms with Crippen LogP contribution in [0.5, 0.6) is 0 Å². The van der Waals surface area contributed by atoms with Gasteiger partial charge in [0.1, 0.15) is 5.15 Å². The Balaban J connectivity index is 1.61. The zero-order valence-corrected chi connectivity index (χ0v) is 16.5. The second-order valence-electron chi connectivity index (χ2n) is 6.00. The first kappa shape index (κ1) is 19.9. The summed E-state index contributed by atoms with van der Waals surface area (Å²) in [5.74, 6) is -0.615. The summed E-state index contributed by atoms with van der Waals surface area (Å²) < 4.78 is 26.4. The summed E-state index contributed by atoms with van der Waals surface area (Å²) in [7, 11) is -3.76. The average Bonchev–Trinajstić information content (AvgIpc) is 2.67. The number of fused-ring (bicyclic) bond motifs is 1. The van der Waals surface area contributed by atoms with E-state index in [0.717, 1.165) is 16.5 Å². The van der Waals surface area contributed by atoms with Crippen molar-refractivity contribution >= 4 is 44.6 Å². The maximum atomic E-state index is 12.1. The Kier molecular flexibility index (Phi) is 6.03. The van der Waals surface area contributed by atoms with E-state index in [1.54, 1.807) is 24.3 Å². The van der Waals surface area contributed by atoms with Gasteiger partial charge < -0.3 is 0 Å². The van der Waals surface area contributed by atoms with Crippen molar-refractivity contribution < 1.29 is 13.2 Å². The Morgan fingerprint density at radius 2 is 1.93 bits per heavy atom. The third kappa shape index (κ3) is 4.92. The number of amides is 1. The van der Waals surface area contributed by atoms with E-state index in [1.807, 2.05) is 25.1 Å². The van der Waals surface area contributed by atoms with Crippen LogP contribution in [-0.2, 0) is 14.8 Å². The van der Waals surface area contributed by atoms with Gasteiger partial charge in [-0.1, -0.05) is 41.9 Å². The number of carbonyl (C=O) groups excluding carboxylic acids is 1. The smallest absolute Gasteiger partial charge is 0.255 e. The first-order chi connectivity index (χ1) is 13.3. The SMILES string of the molecule is Cc1ccc2cc(/C=N\NC(=O)CNS(=O)(=O)c3ccccc3)c(Cl)nc2c1. The van der Waals surface area contributed by atoms with Crippen molar-refractivity contribution in [3.8, 4) is 0 Å². The number of hydrogen-bond donors (Lipinski definition) is 2. The summed E-state index contributed by atoms with van der Waals surface area (Å²) in [6.07, 6.45) is 1.36. The number of halogens is 1. The van der Waals surface area contributed by atoms with Crippen molar-refractivity contribution in [2.75, 3.05) is 6.54 Å². The Morgan fingerprint density at radius 1 is 1.18 bits per heavy atom. The molecule has 1 heterocycles. The maximum absolute atomic E-state index is 12.1. The fraction of sp³-hybridized carbons (Fsp3) is 0.105. The van der Waals surface area contributed by atoms with Gasteiger partial charge in [-0.3, -0.25) is 4.79 Å². The summed E-state index contributed by atoms with van der Waals surface area (Å²) in [4.78, 5) is 16.2. The number of benzene rings is 2. The Hall–Kier alpha value is -2.81. The van der Waals surface area contributed by atoms with Crippen LogP contribution in [-0.4, -0.2) is 32.1 Å². The van der Waals surface area contributed by atoms with Crippen LogP contribution in [0.3, 0.4) is 0 Å². The summed E-state index contributed by atoms with van der Waals surface area (Å²) in [6, 6.07) is 15.4. The molecular formula is C19H17ClN4O3S. The molecule has 1 aromatic heterocycles. The molecule has 144 valence electrons. The molecule has 3 rings (SSSR count). The minimum absolute atomic E-state index is 0.0792. The molecule has 2 N–H and O–H groups in total. The fourth-order valence-electron chi connectivity index (χ4n) is 2.42. The molecule has 0 atom stereocenters. The number of hydrazone groups is 1. The second kappa shape index (κ2) is 8.47. The standard InChI is InChI=1S/C19H17ClN4O3S/c1-13-7-8-14-10-15(19(20)23-17(14)9-13)11-21-24-18(25)12-22-28(26,27)16-5-3-2-4-6-16/h2-11,22H,12H2,1H3,(H,24,25)/b21-11-. The van der Waals surface area contributed by atoms with E-state index in [9.17, 15) is 13.2 Å². The molecule has 0 bridgehead atoms. The van der Waals surface area contributed by atoms with Crippen LogP contribution in [0.25, 0.3) is 10.9 Å². The summed E-state index contributed by atoms with van der Waals surface area (Å²) in [5, 5.41) is 4.95. The lowest BCUT2D eigenvalue weighted by Gasteiger charge is -2.06. The predicted octanol–water partition coefficient (Wildman–Crippen LogP) is 2.63. The lowest BCUT2D eigenvalue weighted by molar-refractivity contribution is -0.119. The van der Waals surface area contributed by atoms with Gasteiger partial charge in [0.15, 0.2) is 0 Å². The van der Waals surface area contributed by atoms with Crippen LogP contribution in [0.4, 0.5) is 0 Å². The van der Waals surface area contributed by atoms with E-state index < -0.39 is 22.5 Å². The highest BCUT2D eigenvalue weighted by Gasteiger charge is 2.14. The average molecular weight is 417 g/mol. The van der Waals surface area contributed by atoms with Crippen molar-refractivity contribution in [1.29, 1.82) is 0 Å². The van der Waals surface area contributed by atoms with Crippen LogP contribution in [0, 0.1) is 6.92 Å². The van der Waals surface area contributed by atoms with Gasteiger partial charge >= 0.3 is 0 Å². The highest BCUT2D eigenvalue weighted by Crippen LogP contribution is 2.20. The van der Waals surface area contributed by atoms with Gasteiger partial charge in [0.2, 0.25) is 10.0 Å². The molecule has 0 unspecified atom stereocenters. The molecule has 0 saturated heterocycles. The minimum Gasteiger partial charge on any atom is -0.272 e. The fourth-order valence-corrected chi connectivity index (χ4v) is 3.62. The number of carbonyl (C=O) groups is 1. The van der Waals surface area contributed by atoms with Crippen molar-refractivity contribution in [1.82, 2.24) is 15.1 Å². The Morgan fingerprint density at radius 3 is 2.68 bits per heavy atom. The molecule has 28 heavy (non-hydrogen) atoms. The quantitative estimate of drug-likeness (QED) is 0.366. The molecule has 1 amide bonds. The first-order valence-electron chi connectivity index (χ1n) is 8.29. The largest absolute Gasteiger partial charge is 0.272 e. The lowest BCUT2D eigenvalue weighted by atomic mass is 10.1. The monoisotopic (exact) mass is 416 g/mol. The highest BCUT2D eigenvalue weighted by atomic mass is 35.5. The summed E-state index contributed by atoms with van der Waals surface area (Å²) >= 11 is 6.15. The van der Waals surface area contributed by atoms with E-state index in [-0.39, 0.29) is 10.0 Å². The third-order valence-corrected chi connectivity index (χ3v) is 5.54. The molecule has 7 nitrogen and oxygen atoms in total. The van der Waals surface area contributed by atoms with E-state index >= 15 is 0 Å². The number of sulfonamides is 1. The van der Waals surface area contributed by atoms with Gasteiger partial charge in [-0.2, -0.15) is 5.10 Å². The van der Waals surface area contributed by atoms with Crippen molar-refractivity contribution in [2.24, 2.45) is 5.10 Å². The Bertz CT molecular complexity index is 1150. The summed E-state index contributed by atoms with van der Waals surface area (Å²) in [6.45, 7) is 1.52. The number of nitrogens with one attached hydrogen (secondary N) is 2. The molecular weight excluding hydrogens is 400 g/mol. The second-order valence-corrected chi connectivity index (χ2v) is 8.12. The van der Waals surface area contributed by atoms with Gasteiger partial charge in [0, 0.05) is 10.9 Å². The number of aromatic nitrogens is 1. The first-order valence-corrected chi connectivity index (χ1v) is 10.1. The van der Waals surface area contributed by atoms with Crippen molar-refractivity contribution in [2.45, 2.75) is 11.8 Å². The van der Waals surface area contributed by atoms with Crippen LogP contribution in [0.1, 0.15) is 11.1 Å². The van der Waals surface area contributed by atoms with Gasteiger partial charge in [0.05, 0.1) is 23.2 Å². The van der Waals surface area contributed by atoms with E-state index in [4.69, 9.17) is 11.6 Å². The van der Waals surface area contributed by atoms with E-state index in [1.165, 1.54) is 18.3 Å². The number of nitrogens with zero attached hydrogens (tertiary/aromatic N) is 2. The third-order valence-electron chi connectivity index (χ3n) is 3.82. The molecule has 0 aliphatic rings. The van der Waals surface area contributed by atoms with Crippen LogP contribution in [0.15, 0.2) is 64.6 Å². The van der Waals surface area contributed by atoms with Gasteiger partial charge in [-0.25, -0.2) is 23.5 Å². The lowest BCUT2D eigenvalue weighted by Crippen LogP contribution is -2.34. The van der Waals surface area contributed by atoms with E-state index in [0.29, 0.717) is 5.56 Å². The molecule has 0 aliphatic carbocycles. The molecule has 9 heteroatoms. The highest BCUT2D eigenvalue weighted by molar-refractivity contribution is 7.89. The van der Waals surface area contributed by atoms with Crippen molar-refractivity contribution in [3.63, 3.8) is 0 Å². The molecule has 0 aliphatic heterocycles. The number of rotatable bonds is 6. The normalized spacial score (nSPS) is 11.8. The zero-order valence-electron chi connectivity index (χ0n) is 14.9.